The molecule has 0 aromatic heterocycles. The maximum atomic E-state index is 10.5. The Labute approximate surface area is 105 Å². The molecular weight excluding hydrogens is 208 g/mol. The zero-order valence-corrected chi connectivity index (χ0v) is 11.2. The van der Waals surface area contributed by atoms with E-state index in [0.29, 0.717) is 5.92 Å². The second-order valence-corrected chi connectivity index (χ2v) is 5.71. The van der Waals surface area contributed by atoms with Gasteiger partial charge < -0.3 is 5.11 Å². The van der Waals surface area contributed by atoms with E-state index in [1.54, 1.807) is 0 Å². The molecule has 1 aliphatic rings. The lowest BCUT2D eigenvalue weighted by Crippen LogP contribution is -2.10. The molecule has 1 fully saturated rings. The molecule has 1 aliphatic carbocycles. The fraction of sp³-hybridized carbons (Fsp3) is 0.625. The lowest BCUT2D eigenvalue weighted by molar-refractivity contribution is 0.109. The van der Waals surface area contributed by atoms with Crippen LogP contribution >= 0.6 is 0 Å². The van der Waals surface area contributed by atoms with Crippen LogP contribution in [-0.4, -0.2) is 5.11 Å². The maximum absolute atomic E-state index is 10.5. The molecule has 17 heavy (non-hydrogen) atoms. The van der Waals surface area contributed by atoms with Crippen LogP contribution < -0.4 is 0 Å². The Bertz CT molecular complexity index is 363. The molecule has 0 amide bonds. The van der Waals surface area contributed by atoms with Gasteiger partial charge >= 0.3 is 0 Å². The monoisotopic (exact) mass is 232 g/mol. The number of rotatable bonds is 3. The van der Waals surface area contributed by atoms with Crippen LogP contribution in [0.1, 0.15) is 55.4 Å². The van der Waals surface area contributed by atoms with Crippen molar-refractivity contribution in [2.24, 2.45) is 11.8 Å². The molecule has 0 spiro atoms. The highest BCUT2D eigenvalue weighted by molar-refractivity contribution is 5.30. The third kappa shape index (κ3) is 2.90. The molecule has 0 heterocycles. The number of aliphatic hydroxyl groups is 1. The van der Waals surface area contributed by atoms with Crippen LogP contribution in [0.2, 0.25) is 0 Å². The average molecular weight is 232 g/mol. The first-order chi connectivity index (χ1) is 8.10. The molecule has 0 aliphatic heterocycles. The normalized spacial score (nSPS) is 26.1. The Morgan fingerprint density at radius 2 is 1.82 bits per heavy atom. The van der Waals surface area contributed by atoms with Crippen molar-refractivity contribution in [1.29, 1.82) is 0 Å². The van der Waals surface area contributed by atoms with Gasteiger partial charge in [-0.15, -0.1) is 0 Å². The van der Waals surface area contributed by atoms with Gasteiger partial charge in [-0.3, -0.25) is 0 Å². The first-order valence-corrected chi connectivity index (χ1v) is 6.86. The molecule has 3 atom stereocenters. The fourth-order valence-corrected chi connectivity index (χ4v) is 3.22. The average Bonchev–Trinajstić information content (AvgIpc) is 2.75. The standard InChI is InChI=1S/C16H24O/c1-4-13-5-6-14(10-13)16(17)15-8-11(2)7-12(3)9-15/h7-9,13-14,16-17H,4-6,10H2,1-3H3. The summed E-state index contributed by atoms with van der Waals surface area (Å²) >= 11 is 0. The van der Waals surface area contributed by atoms with Crippen LogP contribution in [0.15, 0.2) is 18.2 Å². The highest BCUT2D eigenvalue weighted by Crippen LogP contribution is 2.40. The van der Waals surface area contributed by atoms with Gasteiger partial charge in [-0.25, -0.2) is 0 Å². The molecule has 2 rings (SSSR count). The van der Waals surface area contributed by atoms with Gasteiger partial charge in [-0.2, -0.15) is 0 Å². The van der Waals surface area contributed by atoms with Crippen LogP contribution in [0.4, 0.5) is 0 Å². The summed E-state index contributed by atoms with van der Waals surface area (Å²) in [6.07, 6.45) is 4.68. The number of benzene rings is 1. The minimum atomic E-state index is -0.259. The van der Waals surface area contributed by atoms with Gasteiger partial charge in [0.15, 0.2) is 0 Å². The molecule has 1 nitrogen and oxygen atoms in total. The molecule has 1 heteroatoms. The molecule has 3 unspecified atom stereocenters. The third-order valence-corrected chi connectivity index (χ3v) is 4.19. The summed E-state index contributed by atoms with van der Waals surface area (Å²) in [6.45, 7) is 6.47. The molecule has 1 saturated carbocycles. The fourth-order valence-electron chi connectivity index (χ4n) is 3.22. The van der Waals surface area contributed by atoms with Gasteiger partial charge in [0.05, 0.1) is 6.10 Å². The van der Waals surface area contributed by atoms with Crippen molar-refractivity contribution in [2.45, 2.75) is 52.6 Å². The predicted molar refractivity (Wildman–Crippen MR) is 72.0 cm³/mol. The topological polar surface area (TPSA) is 20.2 Å². The highest BCUT2D eigenvalue weighted by atomic mass is 16.3. The lowest BCUT2D eigenvalue weighted by Gasteiger charge is -2.19. The molecule has 1 N–H and O–H groups in total. The molecule has 1 aromatic carbocycles. The molecule has 0 saturated heterocycles. The number of aliphatic hydroxyl groups excluding tert-OH is 1. The van der Waals surface area contributed by atoms with Gasteiger partial charge in [-0.1, -0.05) is 49.1 Å². The quantitative estimate of drug-likeness (QED) is 0.829. The van der Waals surface area contributed by atoms with Crippen molar-refractivity contribution in [1.82, 2.24) is 0 Å². The van der Waals surface area contributed by atoms with Crippen molar-refractivity contribution in [3.63, 3.8) is 0 Å². The molecule has 0 radical (unpaired) electrons. The minimum absolute atomic E-state index is 0.259. The molecular formula is C16H24O. The van der Waals surface area contributed by atoms with Crippen molar-refractivity contribution in [3.8, 4) is 0 Å². The Kier molecular flexibility index (Phi) is 3.88. The summed E-state index contributed by atoms with van der Waals surface area (Å²) in [7, 11) is 0. The summed E-state index contributed by atoms with van der Waals surface area (Å²) in [6, 6.07) is 6.44. The SMILES string of the molecule is CCC1CCC(C(O)c2cc(C)cc(C)c2)C1. The van der Waals surface area contributed by atoms with Crippen molar-refractivity contribution in [2.75, 3.05) is 0 Å². The predicted octanol–water partition coefficient (Wildman–Crippen LogP) is 4.16. The summed E-state index contributed by atoms with van der Waals surface area (Å²) in [5, 5.41) is 10.5. The number of hydrogen-bond acceptors (Lipinski definition) is 1. The zero-order chi connectivity index (χ0) is 12.4. The summed E-state index contributed by atoms with van der Waals surface area (Å²) in [4.78, 5) is 0. The Balaban J connectivity index is 2.11. The van der Waals surface area contributed by atoms with Gasteiger partial charge in [0.1, 0.15) is 0 Å². The lowest BCUT2D eigenvalue weighted by atomic mass is 9.91. The van der Waals surface area contributed by atoms with Crippen molar-refractivity contribution < 1.29 is 5.11 Å². The first kappa shape index (κ1) is 12.6. The van der Waals surface area contributed by atoms with E-state index in [2.05, 4.69) is 39.0 Å². The summed E-state index contributed by atoms with van der Waals surface area (Å²) in [5.74, 6) is 1.31. The molecule has 94 valence electrons. The highest BCUT2D eigenvalue weighted by Gasteiger charge is 2.29. The van der Waals surface area contributed by atoms with E-state index in [4.69, 9.17) is 0 Å². The van der Waals surface area contributed by atoms with E-state index in [9.17, 15) is 5.11 Å². The van der Waals surface area contributed by atoms with E-state index in [0.717, 1.165) is 11.5 Å². The Morgan fingerprint density at radius 1 is 1.18 bits per heavy atom. The first-order valence-electron chi connectivity index (χ1n) is 6.86. The van der Waals surface area contributed by atoms with Gasteiger partial charge in [0.25, 0.3) is 0 Å². The van der Waals surface area contributed by atoms with Crippen molar-refractivity contribution in [3.05, 3.63) is 34.9 Å². The number of hydrogen-bond donors (Lipinski definition) is 1. The van der Waals surface area contributed by atoms with Crippen LogP contribution in [-0.2, 0) is 0 Å². The Morgan fingerprint density at radius 3 is 2.35 bits per heavy atom. The summed E-state index contributed by atoms with van der Waals surface area (Å²) < 4.78 is 0. The van der Waals surface area contributed by atoms with Crippen molar-refractivity contribution >= 4 is 0 Å². The van der Waals surface area contributed by atoms with E-state index in [1.807, 2.05) is 0 Å². The van der Waals surface area contributed by atoms with Crippen LogP contribution in [0.25, 0.3) is 0 Å². The largest absolute Gasteiger partial charge is 0.388 e. The van der Waals surface area contributed by atoms with E-state index < -0.39 is 0 Å². The maximum Gasteiger partial charge on any atom is 0.0818 e. The second kappa shape index (κ2) is 5.22. The minimum Gasteiger partial charge on any atom is -0.388 e. The molecule has 1 aromatic rings. The Hall–Kier alpha value is -0.820. The van der Waals surface area contributed by atoms with Gasteiger partial charge in [0.2, 0.25) is 0 Å². The van der Waals surface area contributed by atoms with Crippen LogP contribution in [0, 0.1) is 25.7 Å². The van der Waals surface area contributed by atoms with Crippen LogP contribution in [0.3, 0.4) is 0 Å². The summed E-state index contributed by atoms with van der Waals surface area (Å²) in [5.41, 5.74) is 3.62. The molecule has 0 bridgehead atoms. The second-order valence-electron chi connectivity index (χ2n) is 5.71. The van der Waals surface area contributed by atoms with Gasteiger partial charge in [-0.05, 0) is 44.1 Å². The number of aryl methyl sites for hydroxylation is 2. The van der Waals surface area contributed by atoms with Crippen LogP contribution in [0.5, 0.6) is 0 Å². The smallest absolute Gasteiger partial charge is 0.0818 e. The van der Waals surface area contributed by atoms with Gasteiger partial charge in [0, 0.05) is 0 Å². The third-order valence-electron chi connectivity index (χ3n) is 4.19. The van der Waals surface area contributed by atoms with E-state index in [1.165, 1.54) is 36.8 Å². The van der Waals surface area contributed by atoms with E-state index in [-0.39, 0.29) is 6.10 Å². The zero-order valence-electron chi connectivity index (χ0n) is 11.2. The van der Waals surface area contributed by atoms with E-state index >= 15 is 0 Å².